The Kier molecular flexibility index (Phi) is 4.23. The molecule has 0 atom stereocenters. The highest BCUT2D eigenvalue weighted by Gasteiger charge is 2.15. The van der Waals surface area contributed by atoms with Crippen LogP contribution >= 0.6 is 0 Å². The SMILES string of the molecule is O=C(O)c1ccnc(C2=CN(CCc3ccc(F)cc3)CN2)c1. The molecule has 1 aromatic heterocycles. The van der Waals surface area contributed by atoms with E-state index in [0.29, 0.717) is 12.4 Å². The van der Waals surface area contributed by atoms with Crippen LogP contribution in [0.25, 0.3) is 5.70 Å². The largest absolute Gasteiger partial charge is 0.478 e. The van der Waals surface area contributed by atoms with Gasteiger partial charge in [0.1, 0.15) is 5.82 Å². The van der Waals surface area contributed by atoms with Gasteiger partial charge in [-0.2, -0.15) is 0 Å². The second kappa shape index (κ2) is 6.48. The third-order valence-corrected chi connectivity index (χ3v) is 3.67. The van der Waals surface area contributed by atoms with E-state index >= 15 is 0 Å². The quantitative estimate of drug-likeness (QED) is 0.887. The van der Waals surface area contributed by atoms with Gasteiger partial charge in [-0.15, -0.1) is 0 Å². The van der Waals surface area contributed by atoms with E-state index in [1.807, 2.05) is 6.20 Å². The second-order valence-electron chi connectivity index (χ2n) is 5.30. The van der Waals surface area contributed by atoms with Crippen molar-refractivity contribution in [2.75, 3.05) is 13.2 Å². The molecule has 1 aliphatic heterocycles. The van der Waals surface area contributed by atoms with Crippen LogP contribution in [0.5, 0.6) is 0 Å². The summed E-state index contributed by atoms with van der Waals surface area (Å²) in [6.45, 7) is 1.41. The third kappa shape index (κ3) is 3.66. The van der Waals surface area contributed by atoms with Gasteiger partial charge in [-0.05, 0) is 36.2 Å². The summed E-state index contributed by atoms with van der Waals surface area (Å²) in [5.74, 6) is -1.21. The first kappa shape index (κ1) is 15.0. The highest BCUT2D eigenvalue weighted by molar-refractivity contribution is 5.88. The Morgan fingerprint density at radius 1 is 1.30 bits per heavy atom. The summed E-state index contributed by atoms with van der Waals surface area (Å²) >= 11 is 0. The van der Waals surface area contributed by atoms with Gasteiger partial charge in [0, 0.05) is 18.9 Å². The first-order valence-corrected chi connectivity index (χ1v) is 7.26. The van der Waals surface area contributed by atoms with Crippen LogP contribution in [0.2, 0.25) is 0 Å². The van der Waals surface area contributed by atoms with Gasteiger partial charge in [-0.25, -0.2) is 9.18 Å². The lowest BCUT2D eigenvalue weighted by Gasteiger charge is -2.13. The summed E-state index contributed by atoms with van der Waals surface area (Å²) < 4.78 is 12.9. The summed E-state index contributed by atoms with van der Waals surface area (Å²) in [4.78, 5) is 17.3. The minimum atomic E-state index is -0.972. The fourth-order valence-electron chi connectivity index (χ4n) is 2.40. The molecule has 2 aromatic rings. The van der Waals surface area contributed by atoms with Gasteiger partial charge in [-0.1, -0.05) is 12.1 Å². The zero-order valence-corrected chi connectivity index (χ0v) is 12.4. The molecule has 0 spiro atoms. The van der Waals surface area contributed by atoms with Crippen molar-refractivity contribution in [2.45, 2.75) is 6.42 Å². The Bertz CT molecular complexity index is 744. The molecule has 0 amide bonds. The number of carbonyl (C=O) groups is 1. The Morgan fingerprint density at radius 3 is 2.83 bits per heavy atom. The molecule has 1 aliphatic rings. The van der Waals surface area contributed by atoms with E-state index in [1.54, 1.807) is 18.2 Å². The van der Waals surface area contributed by atoms with E-state index in [4.69, 9.17) is 5.11 Å². The van der Waals surface area contributed by atoms with Crippen LogP contribution in [-0.2, 0) is 6.42 Å². The summed E-state index contributed by atoms with van der Waals surface area (Å²) in [7, 11) is 0. The third-order valence-electron chi connectivity index (χ3n) is 3.67. The first-order chi connectivity index (χ1) is 11.1. The maximum atomic E-state index is 12.9. The standard InChI is InChI=1S/C17H16FN3O2/c18-14-3-1-12(2-4-14)6-8-21-10-16(20-11-21)15-9-13(17(22)23)5-7-19-15/h1-5,7,9-10,20H,6,8,11H2,(H,22,23). The smallest absolute Gasteiger partial charge is 0.335 e. The van der Waals surface area contributed by atoms with Crippen molar-refractivity contribution < 1.29 is 14.3 Å². The van der Waals surface area contributed by atoms with Gasteiger partial charge in [0.2, 0.25) is 0 Å². The molecule has 2 heterocycles. The van der Waals surface area contributed by atoms with Gasteiger partial charge in [0.05, 0.1) is 23.6 Å². The number of rotatable bonds is 5. The molecule has 23 heavy (non-hydrogen) atoms. The fraction of sp³-hybridized carbons (Fsp3) is 0.176. The molecule has 1 aromatic carbocycles. The molecule has 0 aliphatic carbocycles. The average Bonchev–Trinajstić information content (AvgIpc) is 3.03. The van der Waals surface area contributed by atoms with Gasteiger partial charge in [-0.3, -0.25) is 4.98 Å². The Hall–Kier alpha value is -2.89. The van der Waals surface area contributed by atoms with Crippen LogP contribution in [0.15, 0.2) is 48.8 Å². The van der Waals surface area contributed by atoms with Crippen LogP contribution in [0.3, 0.4) is 0 Å². The monoisotopic (exact) mass is 313 g/mol. The number of pyridine rings is 1. The van der Waals surface area contributed by atoms with Gasteiger partial charge in [0.15, 0.2) is 0 Å². The summed E-state index contributed by atoms with van der Waals surface area (Å²) in [6, 6.07) is 9.49. The van der Waals surface area contributed by atoms with Crippen LogP contribution in [0.1, 0.15) is 21.6 Å². The molecule has 0 bridgehead atoms. The summed E-state index contributed by atoms with van der Waals surface area (Å²) in [6.07, 6.45) is 4.22. The molecule has 2 N–H and O–H groups in total. The van der Waals surface area contributed by atoms with Crippen LogP contribution in [0, 0.1) is 5.82 Å². The van der Waals surface area contributed by atoms with Gasteiger partial charge in [0.25, 0.3) is 0 Å². The molecule has 0 saturated heterocycles. The number of carboxylic acid groups (broad SMARTS) is 1. The normalized spacial score (nSPS) is 13.6. The summed E-state index contributed by atoms with van der Waals surface area (Å²) in [5, 5.41) is 12.2. The first-order valence-electron chi connectivity index (χ1n) is 7.26. The molecule has 3 rings (SSSR count). The van der Waals surface area contributed by atoms with Crippen molar-refractivity contribution in [1.82, 2.24) is 15.2 Å². The predicted octanol–water partition coefficient (Wildman–Crippen LogP) is 2.32. The molecule has 0 fully saturated rings. The average molecular weight is 313 g/mol. The molecular formula is C17H16FN3O2. The number of hydrogen-bond donors (Lipinski definition) is 2. The number of aromatic nitrogens is 1. The number of aromatic carboxylic acids is 1. The number of halogens is 1. The van der Waals surface area contributed by atoms with Crippen LogP contribution in [-0.4, -0.2) is 34.2 Å². The molecule has 118 valence electrons. The molecule has 0 saturated carbocycles. The number of benzene rings is 1. The second-order valence-corrected chi connectivity index (χ2v) is 5.30. The number of carboxylic acids is 1. The maximum absolute atomic E-state index is 12.9. The highest BCUT2D eigenvalue weighted by atomic mass is 19.1. The topological polar surface area (TPSA) is 65.5 Å². The van der Waals surface area contributed by atoms with Gasteiger partial charge >= 0.3 is 5.97 Å². The van der Waals surface area contributed by atoms with Crippen molar-refractivity contribution >= 4 is 11.7 Å². The molecule has 0 radical (unpaired) electrons. The number of nitrogens with one attached hydrogen (secondary N) is 1. The van der Waals surface area contributed by atoms with Gasteiger partial charge < -0.3 is 15.3 Å². The molecule has 0 unspecified atom stereocenters. The lowest BCUT2D eigenvalue weighted by Crippen LogP contribution is -2.23. The Balaban J connectivity index is 1.65. The van der Waals surface area contributed by atoms with Crippen molar-refractivity contribution in [1.29, 1.82) is 0 Å². The minimum absolute atomic E-state index is 0.211. The van der Waals surface area contributed by atoms with E-state index in [0.717, 1.165) is 24.2 Å². The van der Waals surface area contributed by atoms with Crippen LogP contribution in [0.4, 0.5) is 4.39 Å². The lowest BCUT2D eigenvalue weighted by atomic mass is 10.1. The van der Waals surface area contributed by atoms with Crippen LogP contribution < -0.4 is 5.32 Å². The van der Waals surface area contributed by atoms with E-state index < -0.39 is 5.97 Å². The Morgan fingerprint density at radius 2 is 2.09 bits per heavy atom. The van der Waals surface area contributed by atoms with Crippen molar-refractivity contribution in [3.05, 3.63) is 71.4 Å². The predicted molar refractivity (Wildman–Crippen MR) is 84.0 cm³/mol. The van der Waals surface area contributed by atoms with Crippen molar-refractivity contribution in [2.24, 2.45) is 0 Å². The van der Waals surface area contributed by atoms with Crippen molar-refractivity contribution in [3.8, 4) is 0 Å². The van der Waals surface area contributed by atoms with E-state index in [2.05, 4.69) is 15.2 Å². The minimum Gasteiger partial charge on any atom is -0.478 e. The lowest BCUT2D eigenvalue weighted by molar-refractivity contribution is 0.0696. The fourth-order valence-corrected chi connectivity index (χ4v) is 2.40. The highest BCUT2D eigenvalue weighted by Crippen LogP contribution is 2.16. The molecule has 6 heteroatoms. The van der Waals surface area contributed by atoms with Crippen molar-refractivity contribution in [3.63, 3.8) is 0 Å². The van der Waals surface area contributed by atoms with E-state index in [9.17, 15) is 9.18 Å². The Labute approximate surface area is 133 Å². The number of nitrogens with zero attached hydrogens (tertiary/aromatic N) is 2. The zero-order chi connectivity index (χ0) is 16.2. The summed E-state index contributed by atoms with van der Waals surface area (Å²) in [5.41, 5.74) is 2.68. The van der Waals surface area contributed by atoms with E-state index in [1.165, 1.54) is 24.4 Å². The zero-order valence-electron chi connectivity index (χ0n) is 12.4. The maximum Gasteiger partial charge on any atom is 0.335 e. The number of hydrogen-bond acceptors (Lipinski definition) is 4. The molecule has 5 nitrogen and oxygen atoms in total. The molecular weight excluding hydrogens is 297 g/mol. The van der Waals surface area contributed by atoms with E-state index in [-0.39, 0.29) is 11.4 Å².